The van der Waals surface area contributed by atoms with Gasteiger partial charge < -0.3 is 16.0 Å². The van der Waals surface area contributed by atoms with E-state index in [4.69, 9.17) is 11.6 Å². The molecule has 0 aliphatic heterocycles. The summed E-state index contributed by atoms with van der Waals surface area (Å²) in [7, 11) is 0. The molecule has 5 nitrogen and oxygen atoms in total. The highest BCUT2D eigenvalue weighted by atomic mass is 127. The van der Waals surface area contributed by atoms with Crippen LogP contribution in [0.25, 0.3) is 0 Å². The predicted octanol–water partition coefficient (Wildman–Crippen LogP) is 4.73. The van der Waals surface area contributed by atoms with Crippen molar-refractivity contribution in [3.63, 3.8) is 0 Å². The van der Waals surface area contributed by atoms with E-state index < -0.39 is 0 Å². The number of hydrogen-bond acceptors (Lipinski definition) is 3. The molecule has 0 aliphatic rings. The lowest BCUT2D eigenvalue weighted by atomic mass is 10.2. The average Bonchev–Trinajstić information content (AvgIpc) is 2.57. The SMILES string of the molecule is CCCC(=O)Nc1ccc(Cl)c(NCC(=O)Nc2ccc(I)cc2)c1. The molecule has 7 heteroatoms. The molecule has 0 aromatic heterocycles. The van der Waals surface area contributed by atoms with Crippen LogP contribution in [0.1, 0.15) is 19.8 Å². The maximum Gasteiger partial charge on any atom is 0.243 e. The second kappa shape index (κ2) is 9.62. The zero-order chi connectivity index (χ0) is 18.2. The van der Waals surface area contributed by atoms with Gasteiger partial charge in [-0.1, -0.05) is 18.5 Å². The standard InChI is InChI=1S/C18H19ClIN3O2/c1-2-3-17(24)23-14-8-9-15(19)16(10-14)21-11-18(25)22-13-6-4-12(20)5-7-13/h4-10,21H,2-3,11H2,1H3,(H,22,25)(H,23,24). The largest absolute Gasteiger partial charge is 0.375 e. The van der Waals surface area contributed by atoms with Crippen LogP contribution in [0.5, 0.6) is 0 Å². The van der Waals surface area contributed by atoms with E-state index >= 15 is 0 Å². The maximum absolute atomic E-state index is 12.0. The third kappa shape index (κ3) is 6.55. The first-order valence-electron chi connectivity index (χ1n) is 7.86. The number of hydrogen-bond donors (Lipinski definition) is 3. The summed E-state index contributed by atoms with van der Waals surface area (Å²) in [5.41, 5.74) is 1.97. The number of rotatable bonds is 7. The van der Waals surface area contributed by atoms with Gasteiger partial charge in [-0.25, -0.2) is 0 Å². The highest BCUT2D eigenvalue weighted by Gasteiger charge is 2.07. The normalized spacial score (nSPS) is 10.2. The molecule has 0 aliphatic carbocycles. The first-order valence-corrected chi connectivity index (χ1v) is 9.32. The summed E-state index contributed by atoms with van der Waals surface area (Å²) in [6, 6.07) is 12.7. The third-order valence-electron chi connectivity index (χ3n) is 3.29. The van der Waals surface area contributed by atoms with E-state index in [1.54, 1.807) is 18.2 Å². The molecule has 0 saturated heterocycles. The Morgan fingerprint density at radius 2 is 1.64 bits per heavy atom. The minimum Gasteiger partial charge on any atom is -0.375 e. The molecule has 2 rings (SSSR count). The van der Waals surface area contributed by atoms with Crippen LogP contribution in [-0.2, 0) is 9.59 Å². The molecule has 2 aromatic carbocycles. The number of benzene rings is 2. The number of nitrogens with one attached hydrogen (secondary N) is 3. The molecule has 0 saturated carbocycles. The van der Waals surface area contributed by atoms with Crippen molar-refractivity contribution in [1.29, 1.82) is 0 Å². The van der Waals surface area contributed by atoms with Gasteiger partial charge >= 0.3 is 0 Å². The molecule has 0 radical (unpaired) electrons. The van der Waals surface area contributed by atoms with E-state index in [1.165, 1.54) is 0 Å². The summed E-state index contributed by atoms with van der Waals surface area (Å²) in [6.07, 6.45) is 1.24. The van der Waals surface area contributed by atoms with Crippen molar-refractivity contribution < 1.29 is 9.59 Å². The van der Waals surface area contributed by atoms with Gasteiger partial charge in [-0.15, -0.1) is 0 Å². The Morgan fingerprint density at radius 3 is 2.32 bits per heavy atom. The van der Waals surface area contributed by atoms with Gasteiger partial charge in [-0.2, -0.15) is 0 Å². The van der Waals surface area contributed by atoms with Crippen LogP contribution in [0.2, 0.25) is 5.02 Å². The highest BCUT2D eigenvalue weighted by molar-refractivity contribution is 14.1. The molecule has 3 N–H and O–H groups in total. The van der Waals surface area contributed by atoms with Crippen molar-refractivity contribution in [2.24, 2.45) is 0 Å². The predicted molar refractivity (Wildman–Crippen MR) is 111 cm³/mol. The molecular formula is C18H19ClIN3O2. The molecule has 2 aromatic rings. The van der Waals surface area contributed by atoms with Gasteiger partial charge in [0.2, 0.25) is 11.8 Å². The molecule has 0 heterocycles. The smallest absolute Gasteiger partial charge is 0.243 e. The van der Waals surface area contributed by atoms with Crippen LogP contribution in [0.15, 0.2) is 42.5 Å². The molecule has 2 amide bonds. The van der Waals surface area contributed by atoms with Crippen molar-refractivity contribution in [3.05, 3.63) is 51.1 Å². The van der Waals surface area contributed by atoms with Gasteiger partial charge in [0.1, 0.15) is 0 Å². The lowest BCUT2D eigenvalue weighted by Crippen LogP contribution is -2.22. The van der Waals surface area contributed by atoms with Gasteiger partial charge in [0.25, 0.3) is 0 Å². The molecule has 0 fully saturated rings. The number of carbonyl (C=O) groups is 2. The van der Waals surface area contributed by atoms with Gasteiger partial charge in [0.05, 0.1) is 17.3 Å². The molecule has 132 valence electrons. The minimum atomic E-state index is -0.183. The van der Waals surface area contributed by atoms with E-state index in [0.717, 1.165) is 15.7 Å². The highest BCUT2D eigenvalue weighted by Crippen LogP contribution is 2.25. The topological polar surface area (TPSA) is 70.2 Å². The Kier molecular flexibility index (Phi) is 7.52. The molecule has 0 atom stereocenters. The van der Waals surface area contributed by atoms with E-state index in [1.807, 2.05) is 31.2 Å². The van der Waals surface area contributed by atoms with E-state index in [9.17, 15) is 9.59 Å². The van der Waals surface area contributed by atoms with Crippen molar-refractivity contribution in [1.82, 2.24) is 0 Å². The van der Waals surface area contributed by atoms with Crippen LogP contribution in [-0.4, -0.2) is 18.4 Å². The van der Waals surface area contributed by atoms with Gasteiger partial charge in [-0.3, -0.25) is 9.59 Å². The van der Waals surface area contributed by atoms with Crippen molar-refractivity contribution in [2.45, 2.75) is 19.8 Å². The van der Waals surface area contributed by atoms with E-state index in [0.29, 0.717) is 22.8 Å². The first kappa shape index (κ1) is 19.5. The van der Waals surface area contributed by atoms with Gasteiger partial charge in [0.15, 0.2) is 0 Å². The summed E-state index contributed by atoms with van der Waals surface area (Å²) in [4.78, 5) is 23.7. The fourth-order valence-electron chi connectivity index (χ4n) is 2.10. The molecular weight excluding hydrogens is 453 g/mol. The molecule has 0 bridgehead atoms. The quantitative estimate of drug-likeness (QED) is 0.511. The van der Waals surface area contributed by atoms with Crippen LogP contribution >= 0.6 is 34.2 Å². The van der Waals surface area contributed by atoms with Crippen LogP contribution in [0.4, 0.5) is 17.1 Å². The fourth-order valence-corrected chi connectivity index (χ4v) is 2.65. The zero-order valence-electron chi connectivity index (χ0n) is 13.7. The second-order valence-corrected chi connectivity index (χ2v) is 7.05. The molecule has 0 spiro atoms. The Balaban J connectivity index is 1.93. The first-order chi connectivity index (χ1) is 12.0. The Morgan fingerprint density at radius 1 is 1.00 bits per heavy atom. The number of amides is 2. The summed E-state index contributed by atoms with van der Waals surface area (Å²) in [5.74, 6) is -0.232. The summed E-state index contributed by atoms with van der Waals surface area (Å²) in [5, 5.41) is 9.08. The Bertz CT molecular complexity index is 750. The maximum atomic E-state index is 12.0. The lowest BCUT2D eigenvalue weighted by Gasteiger charge is -2.12. The minimum absolute atomic E-state index is 0.0489. The molecule has 0 unspecified atom stereocenters. The van der Waals surface area contributed by atoms with Crippen molar-refractivity contribution in [2.75, 3.05) is 22.5 Å². The summed E-state index contributed by atoms with van der Waals surface area (Å²) in [6.45, 7) is 2.01. The number of carbonyl (C=O) groups excluding carboxylic acids is 2. The van der Waals surface area contributed by atoms with Crippen LogP contribution in [0, 0.1) is 3.57 Å². The summed E-state index contributed by atoms with van der Waals surface area (Å²) < 4.78 is 1.10. The fraction of sp³-hybridized carbons (Fsp3) is 0.222. The van der Waals surface area contributed by atoms with E-state index in [-0.39, 0.29) is 18.4 Å². The van der Waals surface area contributed by atoms with Crippen LogP contribution < -0.4 is 16.0 Å². The average molecular weight is 472 g/mol. The Labute approximate surface area is 165 Å². The lowest BCUT2D eigenvalue weighted by molar-refractivity contribution is -0.116. The molecule has 25 heavy (non-hydrogen) atoms. The van der Waals surface area contributed by atoms with Crippen molar-refractivity contribution >= 4 is 63.1 Å². The third-order valence-corrected chi connectivity index (χ3v) is 4.34. The summed E-state index contributed by atoms with van der Waals surface area (Å²) >= 11 is 8.35. The number of anilines is 3. The van der Waals surface area contributed by atoms with Crippen LogP contribution in [0.3, 0.4) is 0 Å². The van der Waals surface area contributed by atoms with Gasteiger partial charge in [-0.05, 0) is 71.5 Å². The van der Waals surface area contributed by atoms with E-state index in [2.05, 4.69) is 38.5 Å². The number of halogens is 2. The zero-order valence-corrected chi connectivity index (χ0v) is 16.6. The van der Waals surface area contributed by atoms with Crippen molar-refractivity contribution in [3.8, 4) is 0 Å². The van der Waals surface area contributed by atoms with Gasteiger partial charge in [0, 0.05) is 21.4 Å². The Hall–Kier alpha value is -1.80. The monoisotopic (exact) mass is 471 g/mol. The second-order valence-electron chi connectivity index (χ2n) is 5.40.